The number of nitrogens with zero attached hydrogens (tertiary/aromatic N) is 3. The number of anilines is 1. The molecular weight excluding hydrogens is 185 g/mol. The van der Waals surface area contributed by atoms with Crippen molar-refractivity contribution in [3.8, 4) is 0 Å². The number of nitrogen functional groups attached to an aromatic ring is 1. The maximum atomic E-state index is 12.3. The summed E-state index contributed by atoms with van der Waals surface area (Å²) in [5, 5.41) is 6.48. The van der Waals surface area contributed by atoms with Crippen molar-refractivity contribution in [1.82, 2.24) is 15.0 Å². The predicted octanol–water partition coefficient (Wildman–Crippen LogP) is 1.46. The largest absolute Gasteiger partial charge is 0.436 e. The van der Waals surface area contributed by atoms with E-state index in [0.29, 0.717) is 0 Å². The SMILES string of the molecule is CC(C)n1nnc(N)c1C(F)(F)F. The summed E-state index contributed by atoms with van der Waals surface area (Å²) in [6.07, 6.45) is -4.50. The standard InChI is InChI=1S/C6H9F3N4/c1-3(2)13-4(6(7,8)9)5(10)11-12-13/h3H,10H2,1-2H3. The summed E-state index contributed by atoms with van der Waals surface area (Å²) in [7, 11) is 0. The van der Waals surface area contributed by atoms with Crippen molar-refractivity contribution in [2.75, 3.05) is 5.73 Å². The smallest absolute Gasteiger partial charge is 0.380 e. The Kier molecular flexibility index (Phi) is 2.19. The fourth-order valence-electron chi connectivity index (χ4n) is 0.942. The highest BCUT2D eigenvalue weighted by Crippen LogP contribution is 2.33. The summed E-state index contributed by atoms with van der Waals surface area (Å²) in [4.78, 5) is 0. The first-order valence-corrected chi connectivity index (χ1v) is 3.62. The molecule has 13 heavy (non-hydrogen) atoms. The van der Waals surface area contributed by atoms with Crippen LogP contribution in [-0.2, 0) is 6.18 Å². The lowest BCUT2D eigenvalue weighted by Crippen LogP contribution is -2.17. The topological polar surface area (TPSA) is 56.7 Å². The highest BCUT2D eigenvalue weighted by molar-refractivity contribution is 5.35. The van der Waals surface area contributed by atoms with Gasteiger partial charge in [-0.3, -0.25) is 0 Å². The third-order valence-electron chi connectivity index (χ3n) is 1.48. The average molecular weight is 194 g/mol. The zero-order valence-corrected chi connectivity index (χ0v) is 7.13. The lowest BCUT2D eigenvalue weighted by molar-refractivity contribution is -0.144. The Hall–Kier alpha value is -1.27. The van der Waals surface area contributed by atoms with Gasteiger partial charge in [-0.15, -0.1) is 5.10 Å². The van der Waals surface area contributed by atoms with E-state index in [-0.39, 0.29) is 0 Å². The third-order valence-corrected chi connectivity index (χ3v) is 1.48. The van der Waals surface area contributed by atoms with Crippen molar-refractivity contribution >= 4 is 5.82 Å². The zero-order chi connectivity index (χ0) is 10.2. The normalized spacial score (nSPS) is 12.5. The molecule has 4 nitrogen and oxygen atoms in total. The summed E-state index contributed by atoms with van der Waals surface area (Å²) in [6, 6.07) is -0.415. The van der Waals surface area contributed by atoms with Crippen LogP contribution in [0.2, 0.25) is 0 Å². The molecule has 0 aromatic carbocycles. The minimum atomic E-state index is -4.50. The molecule has 0 saturated heterocycles. The molecule has 0 amide bonds. The maximum Gasteiger partial charge on any atom is 0.436 e. The van der Waals surface area contributed by atoms with Crippen molar-refractivity contribution in [2.24, 2.45) is 0 Å². The lowest BCUT2D eigenvalue weighted by atomic mass is 10.3. The highest BCUT2D eigenvalue weighted by Gasteiger charge is 2.39. The molecule has 0 atom stereocenters. The van der Waals surface area contributed by atoms with Crippen LogP contribution in [0.25, 0.3) is 0 Å². The van der Waals surface area contributed by atoms with E-state index in [4.69, 9.17) is 5.73 Å². The van der Waals surface area contributed by atoms with Crippen LogP contribution < -0.4 is 5.73 Å². The van der Waals surface area contributed by atoms with Crippen LogP contribution in [0.1, 0.15) is 25.6 Å². The molecule has 7 heteroatoms. The second kappa shape index (κ2) is 2.90. The maximum absolute atomic E-state index is 12.3. The number of aromatic nitrogens is 3. The molecule has 0 bridgehead atoms. The summed E-state index contributed by atoms with van der Waals surface area (Å²) < 4.78 is 37.7. The van der Waals surface area contributed by atoms with Gasteiger partial charge >= 0.3 is 6.18 Å². The molecule has 2 N–H and O–H groups in total. The van der Waals surface area contributed by atoms with Gasteiger partial charge in [-0.2, -0.15) is 13.2 Å². The van der Waals surface area contributed by atoms with Gasteiger partial charge in [0.2, 0.25) is 0 Å². The van der Waals surface area contributed by atoms with E-state index in [9.17, 15) is 13.2 Å². The van der Waals surface area contributed by atoms with Gasteiger partial charge in [-0.25, -0.2) is 4.68 Å². The van der Waals surface area contributed by atoms with E-state index in [2.05, 4.69) is 10.3 Å². The van der Waals surface area contributed by atoms with Gasteiger partial charge in [0, 0.05) is 6.04 Å². The fourth-order valence-corrected chi connectivity index (χ4v) is 0.942. The van der Waals surface area contributed by atoms with E-state index in [1.165, 1.54) is 0 Å². The fraction of sp³-hybridized carbons (Fsp3) is 0.667. The second-order valence-electron chi connectivity index (χ2n) is 2.86. The Morgan fingerprint density at radius 3 is 2.23 bits per heavy atom. The Morgan fingerprint density at radius 1 is 1.38 bits per heavy atom. The van der Waals surface area contributed by atoms with Crippen LogP contribution in [0, 0.1) is 0 Å². The molecule has 74 valence electrons. The van der Waals surface area contributed by atoms with Crippen molar-refractivity contribution in [1.29, 1.82) is 0 Å². The highest BCUT2D eigenvalue weighted by atomic mass is 19.4. The van der Waals surface area contributed by atoms with Gasteiger partial charge in [0.05, 0.1) is 0 Å². The molecule has 0 fully saturated rings. The molecule has 0 aliphatic rings. The summed E-state index contributed by atoms with van der Waals surface area (Å²) in [5.41, 5.74) is 4.07. The van der Waals surface area contributed by atoms with Crippen molar-refractivity contribution in [3.63, 3.8) is 0 Å². The minimum Gasteiger partial charge on any atom is -0.380 e. The first kappa shape index (κ1) is 9.82. The number of hydrogen-bond acceptors (Lipinski definition) is 3. The van der Waals surface area contributed by atoms with Crippen molar-refractivity contribution in [3.05, 3.63) is 5.69 Å². The summed E-state index contributed by atoms with van der Waals surface area (Å²) >= 11 is 0. The molecule has 1 heterocycles. The minimum absolute atomic E-state index is 0.415. The van der Waals surface area contributed by atoms with Gasteiger partial charge in [-0.05, 0) is 13.8 Å². The lowest BCUT2D eigenvalue weighted by Gasteiger charge is -2.11. The van der Waals surface area contributed by atoms with E-state index >= 15 is 0 Å². The summed E-state index contributed by atoms with van der Waals surface area (Å²) in [5.74, 6) is -0.582. The van der Waals surface area contributed by atoms with Gasteiger partial charge in [0.15, 0.2) is 11.5 Å². The van der Waals surface area contributed by atoms with Crippen LogP contribution >= 0.6 is 0 Å². The van der Waals surface area contributed by atoms with E-state index in [1.807, 2.05) is 0 Å². The second-order valence-corrected chi connectivity index (χ2v) is 2.86. The number of nitrogens with two attached hydrogens (primary N) is 1. The van der Waals surface area contributed by atoms with Crippen molar-refractivity contribution < 1.29 is 13.2 Å². The van der Waals surface area contributed by atoms with E-state index < -0.39 is 23.7 Å². The molecule has 0 unspecified atom stereocenters. The third kappa shape index (κ3) is 1.73. The van der Waals surface area contributed by atoms with E-state index in [0.717, 1.165) is 4.68 Å². The Labute approximate surface area is 72.5 Å². The Morgan fingerprint density at radius 2 is 1.92 bits per heavy atom. The van der Waals surface area contributed by atoms with Crippen LogP contribution in [0.3, 0.4) is 0 Å². The molecule has 0 radical (unpaired) electrons. The van der Waals surface area contributed by atoms with E-state index in [1.54, 1.807) is 13.8 Å². The predicted molar refractivity (Wildman–Crippen MR) is 39.8 cm³/mol. The van der Waals surface area contributed by atoms with Crippen LogP contribution in [0.4, 0.5) is 19.0 Å². The Balaban J connectivity index is 3.25. The number of alkyl halides is 3. The monoisotopic (exact) mass is 194 g/mol. The molecule has 0 aliphatic carbocycles. The van der Waals surface area contributed by atoms with Gasteiger partial charge in [0.1, 0.15) is 0 Å². The van der Waals surface area contributed by atoms with Crippen LogP contribution in [-0.4, -0.2) is 15.0 Å². The number of hydrogen-bond donors (Lipinski definition) is 1. The van der Waals surface area contributed by atoms with Crippen LogP contribution in [0.5, 0.6) is 0 Å². The first-order valence-electron chi connectivity index (χ1n) is 3.62. The molecular formula is C6H9F3N4. The molecule has 0 spiro atoms. The van der Waals surface area contributed by atoms with Gasteiger partial charge < -0.3 is 5.73 Å². The molecule has 0 aliphatic heterocycles. The van der Waals surface area contributed by atoms with Crippen LogP contribution in [0.15, 0.2) is 0 Å². The van der Waals surface area contributed by atoms with Gasteiger partial charge in [0.25, 0.3) is 0 Å². The summed E-state index contributed by atoms with van der Waals surface area (Å²) in [6.45, 7) is 3.15. The molecule has 1 aromatic rings. The Bertz CT molecular complexity index is 301. The molecule has 0 saturated carbocycles. The average Bonchev–Trinajstić information content (AvgIpc) is 2.28. The van der Waals surface area contributed by atoms with Crippen molar-refractivity contribution in [2.45, 2.75) is 26.1 Å². The molecule has 1 aromatic heterocycles. The molecule has 1 rings (SSSR count). The zero-order valence-electron chi connectivity index (χ0n) is 7.13. The number of rotatable bonds is 1. The first-order chi connectivity index (χ1) is 5.84. The number of halogens is 3. The quantitative estimate of drug-likeness (QED) is 0.736. The van der Waals surface area contributed by atoms with Gasteiger partial charge in [-0.1, -0.05) is 5.21 Å².